The fourth-order valence-corrected chi connectivity index (χ4v) is 2.68. The standard InChI is InChI=1S/C17H22O7/c1-23-14(19)8-11(10-5-3-2-4-6-10)7-12-15(20)17(22)16(21)13(9-18)24-12/h2-6,8,12-13,15-18,20-22H,7,9H2,1H3/b11-8+/t12-,13+,15-,16-,17+/m0/s1. The molecule has 0 unspecified atom stereocenters. The third-order valence-electron chi connectivity index (χ3n) is 4.05. The maximum absolute atomic E-state index is 11.6. The van der Waals surface area contributed by atoms with E-state index in [4.69, 9.17) is 4.74 Å². The summed E-state index contributed by atoms with van der Waals surface area (Å²) in [5.41, 5.74) is 1.28. The molecule has 1 heterocycles. The maximum atomic E-state index is 11.6. The molecule has 0 bridgehead atoms. The first-order chi connectivity index (χ1) is 11.5. The number of carbonyl (C=O) groups excluding carboxylic acids is 1. The average molecular weight is 338 g/mol. The number of rotatable bonds is 5. The fourth-order valence-electron chi connectivity index (χ4n) is 2.68. The number of aliphatic hydroxyl groups excluding tert-OH is 4. The summed E-state index contributed by atoms with van der Waals surface area (Å²) in [7, 11) is 1.26. The Kier molecular flexibility index (Phi) is 6.47. The molecule has 24 heavy (non-hydrogen) atoms. The Morgan fingerprint density at radius 2 is 1.75 bits per heavy atom. The summed E-state index contributed by atoms with van der Waals surface area (Å²) in [6.07, 6.45) is -4.70. The topological polar surface area (TPSA) is 116 Å². The monoisotopic (exact) mass is 338 g/mol. The van der Waals surface area contributed by atoms with Gasteiger partial charge in [0.1, 0.15) is 24.4 Å². The molecule has 7 nitrogen and oxygen atoms in total. The number of hydrogen-bond donors (Lipinski definition) is 4. The number of esters is 1. The van der Waals surface area contributed by atoms with Crippen LogP contribution in [-0.4, -0.2) is 70.6 Å². The SMILES string of the molecule is COC(=O)/C=C(\C[C@@H]1O[C@H](CO)[C@H](O)[C@H](O)[C@H]1O)c1ccccc1. The van der Waals surface area contributed by atoms with Crippen molar-refractivity contribution in [1.82, 2.24) is 0 Å². The minimum absolute atomic E-state index is 0.0978. The number of benzene rings is 1. The van der Waals surface area contributed by atoms with E-state index in [1.165, 1.54) is 13.2 Å². The van der Waals surface area contributed by atoms with Gasteiger partial charge in [-0.15, -0.1) is 0 Å². The molecule has 0 radical (unpaired) electrons. The molecule has 1 fully saturated rings. The highest BCUT2D eigenvalue weighted by Gasteiger charge is 2.43. The zero-order chi connectivity index (χ0) is 17.7. The van der Waals surface area contributed by atoms with Gasteiger partial charge in [-0.25, -0.2) is 4.79 Å². The molecular formula is C17H22O7. The summed E-state index contributed by atoms with van der Waals surface area (Å²) in [5, 5.41) is 39.1. The van der Waals surface area contributed by atoms with Crippen molar-refractivity contribution in [3.8, 4) is 0 Å². The van der Waals surface area contributed by atoms with Crippen LogP contribution >= 0.6 is 0 Å². The predicted octanol–water partition coefficient (Wildman–Crippen LogP) is -0.525. The Morgan fingerprint density at radius 1 is 1.12 bits per heavy atom. The Bertz CT molecular complexity index is 570. The molecule has 1 aromatic carbocycles. The molecule has 0 saturated carbocycles. The average Bonchev–Trinajstić information content (AvgIpc) is 2.61. The van der Waals surface area contributed by atoms with Crippen LogP contribution in [0.3, 0.4) is 0 Å². The van der Waals surface area contributed by atoms with Crippen molar-refractivity contribution < 1.29 is 34.7 Å². The van der Waals surface area contributed by atoms with E-state index in [1.807, 2.05) is 6.07 Å². The van der Waals surface area contributed by atoms with Crippen LogP contribution in [0.25, 0.3) is 5.57 Å². The van der Waals surface area contributed by atoms with Crippen LogP contribution in [0, 0.1) is 0 Å². The first-order valence-corrected chi connectivity index (χ1v) is 7.62. The van der Waals surface area contributed by atoms with Crippen molar-refractivity contribution in [2.75, 3.05) is 13.7 Å². The van der Waals surface area contributed by atoms with Crippen LogP contribution in [-0.2, 0) is 14.3 Å². The van der Waals surface area contributed by atoms with Gasteiger partial charge in [0.15, 0.2) is 0 Å². The first kappa shape index (κ1) is 18.6. The second-order valence-corrected chi connectivity index (χ2v) is 5.63. The van der Waals surface area contributed by atoms with Gasteiger partial charge >= 0.3 is 5.97 Å². The minimum Gasteiger partial charge on any atom is -0.466 e. The smallest absolute Gasteiger partial charge is 0.330 e. The van der Waals surface area contributed by atoms with Crippen molar-refractivity contribution in [1.29, 1.82) is 0 Å². The van der Waals surface area contributed by atoms with E-state index in [-0.39, 0.29) is 6.42 Å². The molecule has 0 aliphatic carbocycles. The molecule has 1 aromatic rings. The van der Waals surface area contributed by atoms with Crippen LogP contribution in [0.4, 0.5) is 0 Å². The Hall–Kier alpha value is -1.77. The summed E-state index contributed by atoms with van der Waals surface area (Å²) >= 11 is 0. The van der Waals surface area contributed by atoms with Crippen LogP contribution < -0.4 is 0 Å². The van der Waals surface area contributed by atoms with Crippen molar-refractivity contribution in [2.45, 2.75) is 36.9 Å². The van der Waals surface area contributed by atoms with E-state index in [1.54, 1.807) is 24.3 Å². The lowest BCUT2D eigenvalue weighted by Crippen LogP contribution is -2.58. The van der Waals surface area contributed by atoms with Gasteiger partial charge in [0.2, 0.25) is 0 Å². The van der Waals surface area contributed by atoms with E-state index < -0.39 is 43.1 Å². The molecule has 5 atom stereocenters. The number of aliphatic hydroxyl groups is 4. The number of hydrogen-bond acceptors (Lipinski definition) is 7. The molecule has 0 spiro atoms. The largest absolute Gasteiger partial charge is 0.466 e. The predicted molar refractivity (Wildman–Crippen MR) is 84.8 cm³/mol. The summed E-state index contributed by atoms with van der Waals surface area (Å²) in [6.45, 7) is -0.497. The minimum atomic E-state index is -1.45. The first-order valence-electron chi connectivity index (χ1n) is 7.62. The third kappa shape index (κ3) is 4.19. The molecule has 2 rings (SSSR count). The number of ether oxygens (including phenoxy) is 2. The molecule has 0 amide bonds. The molecule has 1 aliphatic rings. The lowest BCUT2D eigenvalue weighted by Gasteiger charge is -2.40. The van der Waals surface area contributed by atoms with E-state index in [0.717, 1.165) is 5.56 Å². The Morgan fingerprint density at radius 3 is 2.33 bits per heavy atom. The van der Waals surface area contributed by atoms with Gasteiger partial charge in [-0.1, -0.05) is 30.3 Å². The van der Waals surface area contributed by atoms with Crippen molar-refractivity contribution >= 4 is 11.5 Å². The van der Waals surface area contributed by atoms with Crippen LogP contribution in [0.15, 0.2) is 36.4 Å². The summed E-state index contributed by atoms with van der Waals surface area (Å²) in [4.78, 5) is 11.6. The molecule has 4 N–H and O–H groups in total. The molecule has 0 aromatic heterocycles. The zero-order valence-corrected chi connectivity index (χ0v) is 13.3. The van der Waals surface area contributed by atoms with Crippen molar-refractivity contribution in [3.63, 3.8) is 0 Å². The quantitative estimate of drug-likeness (QED) is 0.421. The number of carbonyl (C=O) groups is 1. The van der Waals surface area contributed by atoms with E-state index >= 15 is 0 Å². The normalized spacial score (nSPS) is 30.9. The zero-order valence-electron chi connectivity index (χ0n) is 13.3. The molecule has 1 aliphatic heterocycles. The molecule has 132 valence electrons. The van der Waals surface area contributed by atoms with Gasteiger partial charge in [-0.05, 0) is 11.1 Å². The Balaban J connectivity index is 2.25. The molecular weight excluding hydrogens is 316 g/mol. The molecule has 1 saturated heterocycles. The van der Waals surface area contributed by atoms with Gasteiger partial charge in [-0.3, -0.25) is 0 Å². The van der Waals surface area contributed by atoms with E-state index in [2.05, 4.69) is 4.74 Å². The summed E-state index contributed by atoms with van der Waals surface area (Å²) in [6, 6.07) is 9.01. The number of methoxy groups -OCH3 is 1. The highest BCUT2D eigenvalue weighted by atomic mass is 16.5. The lowest BCUT2D eigenvalue weighted by atomic mass is 9.89. The molecule has 7 heteroatoms. The highest BCUT2D eigenvalue weighted by Crippen LogP contribution is 2.29. The van der Waals surface area contributed by atoms with E-state index in [0.29, 0.717) is 5.57 Å². The van der Waals surface area contributed by atoms with Crippen LogP contribution in [0.2, 0.25) is 0 Å². The van der Waals surface area contributed by atoms with Crippen molar-refractivity contribution in [3.05, 3.63) is 42.0 Å². The van der Waals surface area contributed by atoms with E-state index in [9.17, 15) is 25.2 Å². The summed E-state index contributed by atoms with van der Waals surface area (Å²) in [5.74, 6) is -0.557. The highest BCUT2D eigenvalue weighted by molar-refractivity contribution is 5.91. The second kappa shape index (κ2) is 8.36. The van der Waals surface area contributed by atoms with Crippen LogP contribution in [0.1, 0.15) is 12.0 Å². The van der Waals surface area contributed by atoms with Gasteiger partial charge < -0.3 is 29.9 Å². The lowest BCUT2D eigenvalue weighted by molar-refractivity contribution is -0.227. The van der Waals surface area contributed by atoms with Gasteiger partial charge in [-0.2, -0.15) is 0 Å². The van der Waals surface area contributed by atoms with Crippen molar-refractivity contribution in [2.24, 2.45) is 0 Å². The van der Waals surface area contributed by atoms with Gasteiger partial charge in [0.05, 0.1) is 19.8 Å². The van der Waals surface area contributed by atoms with Gasteiger partial charge in [0, 0.05) is 12.5 Å². The Labute approximate surface area is 139 Å². The fraction of sp³-hybridized carbons (Fsp3) is 0.471. The van der Waals surface area contributed by atoms with Crippen LogP contribution in [0.5, 0.6) is 0 Å². The third-order valence-corrected chi connectivity index (χ3v) is 4.05. The summed E-state index contributed by atoms with van der Waals surface area (Å²) < 4.78 is 10.1. The second-order valence-electron chi connectivity index (χ2n) is 5.63. The maximum Gasteiger partial charge on any atom is 0.330 e. The van der Waals surface area contributed by atoms with Gasteiger partial charge in [0.25, 0.3) is 0 Å².